The van der Waals surface area contributed by atoms with E-state index in [4.69, 9.17) is 26.6 Å². The molecule has 7 rings (SSSR count). The molecule has 1 heterocycles. The number of nitrogens with zero attached hydrogens (tertiary/aromatic N) is 3. The maximum absolute atomic E-state index is 6.11. The first-order valence-corrected chi connectivity index (χ1v) is 14.9. The molecule has 37 heavy (non-hydrogen) atoms. The van der Waals surface area contributed by atoms with Gasteiger partial charge in [0.15, 0.2) is 5.82 Å². The van der Waals surface area contributed by atoms with E-state index in [1.165, 1.54) is 75.3 Å². The maximum atomic E-state index is 6.11. The minimum Gasteiger partial charge on any atom is -0.217 e. The largest absolute Gasteiger partial charge is 0.217 e. The Balaban J connectivity index is 1.29. The van der Waals surface area contributed by atoms with Crippen LogP contribution >= 0.6 is 11.6 Å². The number of halogens is 1. The minimum atomic E-state index is 0.0593. The molecule has 1 aromatic heterocycles. The summed E-state index contributed by atoms with van der Waals surface area (Å²) < 4.78 is 0. The SMILES string of the molecule is CC1(c2nc(-c3ccc(-c4ccc(Cl)cc4)cc3)nc(C3(C)C[C@@H]4CC[C@H](C4)C3)n2)C[C@@H]2CC[C@H](C2)C1. The molecule has 0 saturated heterocycles. The molecule has 3 aromatic rings. The smallest absolute Gasteiger partial charge is 0.163 e. The van der Waals surface area contributed by atoms with E-state index in [0.29, 0.717) is 0 Å². The van der Waals surface area contributed by atoms with Gasteiger partial charge in [0, 0.05) is 21.4 Å². The van der Waals surface area contributed by atoms with Crippen molar-refractivity contribution in [2.75, 3.05) is 0 Å². The second-order valence-electron chi connectivity index (χ2n) is 13.4. The van der Waals surface area contributed by atoms with Gasteiger partial charge in [0.25, 0.3) is 0 Å². The molecule has 0 N–H and O–H groups in total. The van der Waals surface area contributed by atoms with E-state index in [-0.39, 0.29) is 10.8 Å². The van der Waals surface area contributed by atoms with Crippen LogP contribution in [-0.4, -0.2) is 15.0 Å². The zero-order valence-corrected chi connectivity index (χ0v) is 23.0. The third-order valence-corrected chi connectivity index (χ3v) is 10.5. The Labute approximate surface area is 226 Å². The topological polar surface area (TPSA) is 38.7 Å². The number of benzene rings is 2. The fourth-order valence-corrected chi connectivity index (χ4v) is 8.80. The second kappa shape index (κ2) is 8.90. The molecule has 4 saturated carbocycles. The number of hydrogen-bond donors (Lipinski definition) is 0. The number of rotatable bonds is 4. The highest BCUT2D eigenvalue weighted by Gasteiger charge is 2.47. The lowest BCUT2D eigenvalue weighted by molar-refractivity contribution is 0.207. The Morgan fingerprint density at radius 3 is 1.38 bits per heavy atom. The van der Waals surface area contributed by atoms with Crippen LogP contribution in [0, 0.1) is 23.7 Å². The predicted octanol–water partition coefficient (Wildman–Crippen LogP) is 8.79. The molecule has 4 atom stereocenters. The second-order valence-corrected chi connectivity index (χ2v) is 13.9. The Morgan fingerprint density at radius 1 is 0.568 bits per heavy atom. The average molecular weight is 512 g/mol. The van der Waals surface area contributed by atoms with Crippen LogP contribution in [0.1, 0.15) is 89.7 Å². The summed E-state index contributed by atoms with van der Waals surface area (Å²) in [6.07, 6.45) is 13.3. The lowest BCUT2D eigenvalue weighted by Gasteiger charge is -2.39. The van der Waals surface area contributed by atoms with Crippen LogP contribution in [0.2, 0.25) is 5.02 Å². The van der Waals surface area contributed by atoms with Gasteiger partial charge in [0.1, 0.15) is 11.6 Å². The molecule has 4 fully saturated rings. The van der Waals surface area contributed by atoms with Gasteiger partial charge in [-0.3, -0.25) is 0 Å². The van der Waals surface area contributed by atoms with Gasteiger partial charge >= 0.3 is 0 Å². The lowest BCUT2D eigenvalue weighted by Crippen LogP contribution is -2.37. The third kappa shape index (κ3) is 4.42. The van der Waals surface area contributed by atoms with Gasteiger partial charge in [0.05, 0.1) is 0 Å². The summed E-state index contributed by atoms with van der Waals surface area (Å²) in [5, 5.41) is 0.764. The first-order chi connectivity index (χ1) is 17.9. The molecule has 192 valence electrons. The fraction of sp³-hybridized carbons (Fsp3) is 0.545. The van der Waals surface area contributed by atoms with Crippen molar-refractivity contribution in [2.45, 2.75) is 88.9 Å². The van der Waals surface area contributed by atoms with Crippen molar-refractivity contribution >= 4 is 11.6 Å². The molecule has 4 heteroatoms. The van der Waals surface area contributed by atoms with Crippen LogP contribution in [-0.2, 0) is 10.8 Å². The van der Waals surface area contributed by atoms with Crippen LogP contribution in [0.5, 0.6) is 0 Å². The van der Waals surface area contributed by atoms with Gasteiger partial charge in [-0.25, -0.2) is 15.0 Å². The van der Waals surface area contributed by atoms with E-state index in [0.717, 1.165) is 51.7 Å². The van der Waals surface area contributed by atoms with Crippen molar-refractivity contribution in [2.24, 2.45) is 23.7 Å². The predicted molar refractivity (Wildman–Crippen MR) is 151 cm³/mol. The van der Waals surface area contributed by atoms with Crippen LogP contribution in [0.3, 0.4) is 0 Å². The minimum absolute atomic E-state index is 0.0593. The van der Waals surface area contributed by atoms with Crippen molar-refractivity contribution < 1.29 is 0 Å². The Kier molecular flexibility index (Phi) is 5.73. The van der Waals surface area contributed by atoms with Crippen LogP contribution < -0.4 is 0 Å². The molecule has 0 amide bonds. The molecule has 2 aromatic carbocycles. The van der Waals surface area contributed by atoms with Crippen molar-refractivity contribution in [3.05, 3.63) is 65.2 Å². The standard InChI is InChI=1S/C33H38ClN3/c1-32(17-21-3-4-22(15-21)18-32)30-35-29(27-9-7-25(8-10-27)26-11-13-28(34)14-12-26)36-31(37-30)33(2)19-23-5-6-24(16-23)20-33/h7-14,21-24H,3-6,15-20H2,1-2H3/t21-,22-,23-,24-/m1/s1. The van der Waals surface area contributed by atoms with E-state index in [1.54, 1.807) is 0 Å². The van der Waals surface area contributed by atoms with E-state index in [2.05, 4.69) is 50.2 Å². The van der Waals surface area contributed by atoms with E-state index in [9.17, 15) is 0 Å². The summed E-state index contributed by atoms with van der Waals surface area (Å²) in [5.74, 6) is 6.34. The summed E-state index contributed by atoms with van der Waals surface area (Å²) in [4.78, 5) is 15.9. The van der Waals surface area contributed by atoms with Crippen molar-refractivity contribution in [1.82, 2.24) is 15.0 Å². The zero-order chi connectivity index (χ0) is 25.2. The highest BCUT2D eigenvalue weighted by atomic mass is 35.5. The first-order valence-electron chi connectivity index (χ1n) is 14.5. The fourth-order valence-electron chi connectivity index (χ4n) is 8.68. The van der Waals surface area contributed by atoms with Gasteiger partial charge in [-0.15, -0.1) is 0 Å². The molecule has 3 nitrogen and oxygen atoms in total. The molecule has 0 spiro atoms. The summed E-state index contributed by atoms with van der Waals surface area (Å²) in [5.41, 5.74) is 3.56. The monoisotopic (exact) mass is 511 g/mol. The third-order valence-electron chi connectivity index (χ3n) is 10.3. The molecule has 4 aliphatic rings. The number of aromatic nitrogens is 3. The number of fused-ring (bicyclic) bond motifs is 4. The number of hydrogen-bond acceptors (Lipinski definition) is 3. The van der Waals surface area contributed by atoms with Gasteiger partial charge in [-0.1, -0.05) is 87.5 Å². The first kappa shape index (κ1) is 23.8. The highest BCUT2D eigenvalue weighted by molar-refractivity contribution is 6.30. The molecule has 0 radical (unpaired) electrons. The van der Waals surface area contributed by atoms with Crippen molar-refractivity contribution in [1.29, 1.82) is 0 Å². The van der Waals surface area contributed by atoms with Crippen molar-refractivity contribution in [3.63, 3.8) is 0 Å². The van der Waals surface area contributed by atoms with Gasteiger partial charge < -0.3 is 0 Å². The normalized spacial score (nSPS) is 34.6. The van der Waals surface area contributed by atoms with Crippen LogP contribution in [0.25, 0.3) is 22.5 Å². The molecule has 0 aliphatic heterocycles. The highest BCUT2D eigenvalue weighted by Crippen LogP contribution is 2.53. The molecule has 4 aliphatic carbocycles. The Morgan fingerprint density at radius 2 is 0.946 bits per heavy atom. The van der Waals surface area contributed by atoms with Gasteiger partial charge in [-0.05, 0) is 85.5 Å². The summed E-state index contributed by atoms with van der Waals surface area (Å²) in [6, 6.07) is 16.8. The van der Waals surface area contributed by atoms with E-state index < -0.39 is 0 Å². The van der Waals surface area contributed by atoms with Gasteiger partial charge in [0.2, 0.25) is 0 Å². The van der Waals surface area contributed by atoms with Gasteiger partial charge in [-0.2, -0.15) is 0 Å². The zero-order valence-electron chi connectivity index (χ0n) is 22.2. The molecular weight excluding hydrogens is 474 g/mol. The Hall–Kier alpha value is -2.26. The molecule has 4 bridgehead atoms. The maximum Gasteiger partial charge on any atom is 0.163 e. The average Bonchev–Trinajstić information content (AvgIpc) is 3.44. The van der Waals surface area contributed by atoms with E-state index >= 15 is 0 Å². The molecular formula is C33H38ClN3. The lowest BCUT2D eigenvalue weighted by atomic mass is 9.68. The van der Waals surface area contributed by atoms with Crippen LogP contribution in [0.15, 0.2) is 48.5 Å². The summed E-state index contributed by atoms with van der Waals surface area (Å²) >= 11 is 6.11. The molecule has 0 unspecified atom stereocenters. The Bertz CT molecular complexity index is 1220. The van der Waals surface area contributed by atoms with Crippen LogP contribution in [0.4, 0.5) is 0 Å². The summed E-state index contributed by atoms with van der Waals surface area (Å²) in [6.45, 7) is 4.88. The quantitative estimate of drug-likeness (QED) is 0.351. The van der Waals surface area contributed by atoms with Crippen molar-refractivity contribution in [3.8, 4) is 22.5 Å². The summed E-state index contributed by atoms with van der Waals surface area (Å²) in [7, 11) is 0. The van der Waals surface area contributed by atoms with E-state index in [1.807, 2.05) is 12.1 Å².